The van der Waals surface area contributed by atoms with Crippen LogP contribution < -0.4 is 14.4 Å². The van der Waals surface area contributed by atoms with Crippen molar-refractivity contribution in [2.45, 2.75) is 4.90 Å². The number of hydrogen-bond donors (Lipinski definition) is 1. The number of aromatic carboxylic acids is 1. The van der Waals surface area contributed by atoms with Gasteiger partial charge in [0.1, 0.15) is 13.2 Å². The zero-order valence-electron chi connectivity index (χ0n) is 15.1. The maximum Gasteiger partial charge on any atom is 0.335 e. The molecule has 0 spiro atoms. The van der Waals surface area contributed by atoms with Crippen LogP contribution in [-0.4, -0.2) is 63.2 Å². The van der Waals surface area contributed by atoms with Crippen LogP contribution in [0.4, 0.5) is 5.69 Å². The lowest BCUT2D eigenvalue weighted by molar-refractivity contribution is 0.0697. The Hall–Kier alpha value is -2.78. The summed E-state index contributed by atoms with van der Waals surface area (Å²) in [7, 11) is -3.65. The molecular formula is C19H20N2O6S. The van der Waals surface area contributed by atoms with Crippen LogP contribution in [0.15, 0.2) is 47.4 Å². The molecular weight excluding hydrogens is 384 g/mol. The monoisotopic (exact) mass is 404 g/mol. The zero-order chi connectivity index (χ0) is 19.7. The summed E-state index contributed by atoms with van der Waals surface area (Å²) in [6, 6.07) is 11.3. The molecule has 1 saturated heterocycles. The smallest absolute Gasteiger partial charge is 0.335 e. The second kappa shape index (κ2) is 7.33. The molecule has 2 aromatic rings. The maximum absolute atomic E-state index is 13.0. The molecule has 2 aliphatic heterocycles. The van der Waals surface area contributed by atoms with Crippen molar-refractivity contribution in [1.82, 2.24) is 4.31 Å². The summed E-state index contributed by atoms with van der Waals surface area (Å²) in [6.45, 7) is 2.43. The highest BCUT2D eigenvalue weighted by atomic mass is 32.2. The Kier molecular flexibility index (Phi) is 4.86. The fourth-order valence-corrected chi connectivity index (χ4v) is 4.79. The van der Waals surface area contributed by atoms with E-state index in [0.29, 0.717) is 50.9 Å². The molecule has 28 heavy (non-hydrogen) atoms. The van der Waals surface area contributed by atoms with E-state index >= 15 is 0 Å². The topological polar surface area (TPSA) is 96.4 Å². The molecule has 0 amide bonds. The van der Waals surface area contributed by atoms with Crippen molar-refractivity contribution in [2.75, 3.05) is 44.3 Å². The maximum atomic E-state index is 13.0. The number of piperazine rings is 1. The summed E-state index contributed by atoms with van der Waals surface area (Å²) in [5, 5.41) is 9.14. The van der Waals surface area contributed by atoms with Gasteiger partial charge in [0, 0.05) is 37.9 Å². The number of hydrogen-bond acceptors (Lipinski definition) is 6. The third-order valence-electron chi connectivity index (χ3n) is 4.85. The second-order valence-electron chi connectivity index (χ2n) is 6.55. The molecule has 0 aromatic heterocycles. The molecule has 148 valence electrons. The van der Waals surface area contributed by atoms with Gasteiger partial charge >= 0.3 is 5.97 Å². The first-order chi connectivity index (χ1) is 13.4. The van der Waals surface area contributed by atoms with Crippen LogP contribution in [0.25, 0.3) is 0 Å². The molecule has 0 aliphatic carbocycles. The molecule has 0 radical (unpaired) electrons. The first-order valence-electron chi connectivity index (χ1n) is 8.93. The Morgan fingerprint density at radius 3 is 2.36 bits per heavy atom. The van der Waals surface area contributed by atoms with E-state index in [-0.39, 0.29) is 10.5 Å². The lowest BCUT2D eigenvalue weighted by Gasteiger charge is -2.35. The minimum absolute atomic E-state index is 0.179. The molecule has 0 bridgehead atoms. The molecule has 1 fully saturated rings. The van der Waals surface area contributed by atoms with Crippen LogP contribution in [0.1, 0.15) is 10.4 Å². The van der Waals surface area contributed by atoms with E-state index in [0.717, 1.165) is 5.69 Å². The highest BCUT2D eigenvalue weighted by Gasteiger charge is 2.30. The van der Waals surface area contributed by atoms with E-state index in [1.807, 2.05) is 11.0 Å². The van der Waals surface area contributed by atoms with E-state index in [4.69, 9.17) is 14.6 Å². The van der Waals surface area contributed by atoms with Gasteiger partial charge in [0.25, 0.3) is 0 Å². The average molecular weight is 404 g/mol. The van der Waals surface area contributed by atoms with Crippen molar-refractivity contribution in [3.8, 4) is 11.5 Å². The normalized spacial score (nSPS) is 17.4. The van der Waals surface area contributed by atoms with Gasteiger partial charge in [-0.25, -0.2) is 13.2 Å². The fourth-order valence-electron chi connectivity index (χ4n) is 3.36. The minimum atomic E-state index is -3.65. The highest BCUT2D eigenvalue weighted by molar-refractivity contribution is 7.89. The van der Waals surface area contributed by atoms with E-state index in [2.05, 4.69) is 0 Å². The van der Waals surface area contributed by atoms with E-state index < -0.39 is 16.0 Å². The lowest BCUT2D eigenvalue weighted by Crippen LogP contribution is -2.48. The van der Waals surface area contributed by atoms with Gasteiger partial charge in [-0.1, -0.05) is 6.07 Å². The van der Waals surface area contributed by atoms with E-state index in [9.17, 15) is 13.2 Å². The molecule has 2 aromatic carbocycles. The van der Waals surface area contributed by atoms with Gasteiger partial charge < -0.3 is 19.5 Å². The van der Waals surface area contributed by atoms with Gasteiger partial charge in [0.05, 0.1) is 10.5 Å². The molecule has 2 aliphatic rings. The molecule has 0 atom stereocenters. The van der Waals surface area contributed by atoms with Crippen molar-refractivity contribution in [1.29, 1.82) is 0 Å². The predicted octanol–water partition coefficient (Wildman–Crippen LogP) is 1.67. The van der Waals surface area contributed by atoms with Crippen LogP contribution in [0.3, 0.4) is 0 Å². The van der Waals surface area contributed by atoms with Crippen molar-refractivity contribution in [3.05, 3.63) is 48.0 Å². The summed E-state index contributed by atoms with van der Waals surface area (Å²) in [6.07, 6.45) is 0. The summed E-state index contributed by atoms with van der Waals surface area (Å²) >= 11 is 0. The quantitative estimate of drug-likeness (QED) is 0.828. The Bertz CT molecular complexity index is 999. The van der Waals surface area contributed by atoms with Crippen molar-refractivity contribution in [2.24, 2.45) is 0 Å². The van der Waals surface area contributed by atoms with Crippen LogP contribution in [0.2, 0.25) is 0 Å². The highest BCUT2D eigenvalue weighted by Crippen LogP contribution is 2.33. The van der Waals surface area contributed by atoms with E-state index in [1.165, 1.54) is 22.5 Å². The standard InChI is InChI=1S/C19H20N2O6S/c22-19(23)14-2-1-3-15(12-14)20-6-8-21(9-7-20)28(24,25)16-4-5-17-18(13-16)27-11-10-26-17/h1-5,12-13H,6-11H2,(H,22,23). The minimum Gasteiger partial charge on any atom is -0.486 e. The molecule has 0 saturated carbocycles. The van der Waals surface area contributed by atoms with E-state index in [1.54, 1.807) is 18.2 Å². The first kappa shape index (κ1) is 18.6. The molecule has 9 heteroatoms. The summed E-state index contributed by atoms with van der Waals surface area (Å²) in [5.41, 5.74) is 0.986. The number of carboxylic acid groups (broad SMARTS) is 1. The van der Waals surface area contributed by atoms with Gasteiger partial charge in [-0.2, -0.15) is 4.31 Å². The van der Waals surface area contributed by atoms with Crippen LogP contribution in [-0.2, 0) is 10.0 Å². The van der Waals surface area contributed by atoms with Gasteiger partial charge in [-0.15, -0.1) is 0 Å². The van der Waals surface area contributed by atoms with Crippen molar-refractivity contribution < 1.29 is 27.8 Å². The van der Waals surface area contributed by atoms with Crippen molar-refractivity contribution >= 4 is 21.7 Å². The number of rotatable bonds is 4. The SMILES string of the molecule is O=C(O)c1cccc(N2CCN(S(=O)(=O)c3ccc4c(c3)OCCO4)CC2)c1. The number of fused-ring (bicyclic) bond motifs is 1. The second-order valence-corrected chi connectivity index (χ2v) is 8.49. The predicted molar refractivity (Wildman–Crippen MR) is 102 cm³/mol. The largest absolute Gasteiger partial charge is 0.486 e. The van der Waals surface area contributed by atoms with Crippen LogP contribution in [0, 0.1) is 0 Å². The fraction of sp³-hybridized carbons (Fsp3) is 0.316. The number of carbonyl (C=O) groups is 1. The average Bonchev–Trinajstić information content (AvgIpc) is 2.73. The number of benzene rings is 2. The third-order valence-corrected chi connectivity index (χ3v) is 6.74. The molecule has 0 unspecified atom stereocenters. The van der Waals surface area contributed by atoms with Crippen LogP contribution >= 0.6 is 0 Å². The van der Waals surface area contributed by atoms with Gasteiger partial charge in [-0.3, -0.25) is 0 Å². The summed E-state index contributed by atoms with van der Waals surface area (Å²) in [4.78, 5) is 13.3. The summed E-state index contributed by atoms with van der Waals surface area (Å²) in [5.74, 6) is 0.00597. The number of carboxylic acids is 1. The van der Waals surface area contributed by atoms with Crippen molar-refractivity contribution in [3.63, 3.8) is 0 Å². The third kappa shape index (κ3) is 3.50. The number of anilines is 1. The Balaban J connectivity index is 1.48. The number of sulfonamides is 1. The lowest BCUT2D eigenvalue weighted by atomic mass is 10.2. The zero-order valence-corrected chi connectivity index (χ0v) is 15.9. The number of ether oxygens (including phenoxy) is 2. The Morgan fingerprint density at radius 1 is 0.929 bits per heavy atom. The van der Waals surface area contributed by atoms with Crippen LogP contribution in [0.5, 0.6) is 11.5 Å². The molecule has 2 heterocycles. The molecule has 1 N–H and O–H groups in total. The Labute approximate surface area is 162 Å². The summed E-state index contributed by atoms with van der Waals surface area (Å²) < 4.78 is 38.4. The molecule has 8 nitrogen and oxygen atoms in total. The van der Waals surface area contributed by atoms with Gasteiger partial charge in [0.15, 0.2) is 11.5 Å². The van der Waals surface area contributed by atoms with Gasteiger partial charge in [0.2, 0.25) is 10.0 Å². The number of nitrogens with zero attached hydrogens (tertiary/aromatic N) is 2. The first-order valence-corrected chi connectivity index (χ1v) is 10.4. The van der Waals surface area contributed by atoms with Gasteiger partial charge in [-0.05, 0) is 30.3 Å². The molecule has 4 rings (SSSR count). The Morgan fingerprint density at radius 2 is 1.64 bits per heavy atom.